The highest BCUT2D eigenvalue weighted by Gasteiger charge is 2.31. The molecule has 1 heterocycles. The SMILES string of the molecule is COc1cccc(C(=O)Nc2ccc(OC(=O)N(CCc3csc(C)n3)C(C)(C)C)cc2)c1-c1ccc(C(F)(F)F)cc1. The number of thiazole rings is 1. The predicted octanol–water partition coefficient (Wildman–Crippen LogP) is 8.24. The standard InChI is InChI=1S/C32H32F3N3O4S/c1-20-36-24(19-43-20)17-18-38(31(2,3)4)30(40)42-25-15-13-23(14-16-25)37-29(39)26-7-6-8-27(41-5)28(26)21-9-11-22(12-10-21)32(33,34)35/h6-16,19H,17-18H2,1-5H3,(H,37,39). The van der Waals surface area contributed by atoms with Crippen LogP contribution in [0.4, 0.5) is 23.7 Å². The summed E-state index contributed by atoms with van der Waals surface area (Å²) in [5, 5.41) is 5.74. The quantitative estimate of drug-likeness (QED) is 0.217. The number of carbonyl (C=O) groups excluding carboxylic acids is 2. The highest BCUT2D eigenvalue weighted by molar-refractivity contribution is 7.09. The molecule has 1 N–H and O–H groups in total. The number of methoxy groups -OCH3 is 1. The van der Waals surface area contributed by atoms with Gasteiger partial charge in [-0.3, -0.25) is 4.79 Å². The molecule has 0 saturated heterocycles. The van der Waals surface area contributed by atoms with E-state index in [2.05, 4.69) is 10.3 Å². The van der Waals surface area contributed by atoms with E-state index in [-0.39, 0.29) is 5.56 Å². The Hall–Kier alpha value is -4.38. The van der Waals surface area contributed by atoms with Crippen LogP contribution in [-0.4, -0.2) is 41.1 Å². The fourth-order valence-corrected chi connectivity index (χ4v) is 5.07. The van der Waals surface area contributed by atoms with Gasteiger partial charge in [-0.05, 0) is 81.8 Å². The van der Waals surface area contributed by atoms with Crippen molar-refractivity contribution in [2.45, 2.75) is 45.8 Å². The zero-order valence-corrected chi connectivity index (χ0v) is 25.2. The fraction of sp³-hybridized carbons (Fsp3) is 0.281. The molecule has 0 saturated carbocycles. The van der Waals surface area contributed by atoms with E-state index < -0.39 is 29.3 Å². The van der Waals surface area contributed by atoms with E-state index in [4.69, 9.17) is 9.47 Å². The topological polar surface area (TPSA) is 80.8 Å². The maximum atomic E-state index is 13.3. The monoisotopic (exact) mass is 611 g/mol. The minimum atomic E-state index is -4.48. The maximum Gasteiger partial charge on any atom is 0.416 e. The molecule has 0 spiro atoms. The average Bonchev–Trinajstić information content (AvgIpc) is 3.37. The molecule has 0 aliphatic rings. The van der Waals surface area contributed by atoms with Gasteiger partial charge < -0.3 is 19.7 Å². The van der Waals surface area contributed by atoms with Gasteiger partial charge in [0.1, 0.15) is 11.5 Å². The summed E-state index contributed by atoms with van der Waals surface area (Å²) in [6.07, 6.45) is -4.39. The third-order valence-corrected chi connectivity index (χ3v) is 7.42. The van der Waals surface area contributed by atoms with Gasteiger partial charge in [0.15, 0.2) is 0 Å². The molecule has 4 aromatic rings. The van der Waals surface area contributed by atoms with Crippen LogP contribution in [0.3, 0.4) is 0 Å². The summed E-state index contributed by atoms with van der Waals surface area (Å²) in [6.45, 7) is 8.15. The van der Waals surface area contributed by atoms with Crippen LogP contribution in [0.5, 0.6) is 11.5 Å². The lowest BCUT2D eigenvalue weighted by Crippen LogP contribution is -2.48. The second-order valence-electron chi connectivity index (χ2n) is 10.7. The number of aryl methyl sites for hydroxylation is 1. The lowest BCUT2D eigenvalue weighted by molar-refractivity contribution is -0.137. The Balaban J connectivity index is 1.47. The minimum Gasteiger partial charge on any atom is -0.496 e. The van der Waals surface area contributed by atoms with Gasteiger partial charge in [0.2, 0.25) is 0 Å². The van der Waals surface area contributed by atoms with Gasteiger partial charge in [-0.15, -0.1) is 11.3 Å². The summed E-state index contributed by atoms with van der Waals surface area (Å²) < 4.78 is 50.3. The van der Waals surface area contributed by atoms with E-state index in [9.17, 15) is 22.8 Å². The molecule has 43 heavy (non-hydrogen) atoms. The number of benzene rings is 3. The van der Waals surface area contributed by atoms with Crippen molar-refractivity contribution in [3.05, 3.63) is 93.9 Å². The Morgan fingerprint density at radius 1 is 0.977 bits per heavy atom. The van der Waals surface area contributed by atoms with Crippen molar-refractivity contribution in [3.63, 3.8) is 0 Å². The van der Waals surface area contributed by atoms with Gasteiger partial charge in [-0.1, -0.05) is 18.2 Å². The van der Waals surface area contributed by atoms with Gasteiger partial charge in [0.05, 0.1) is 28.9 Å². The smallest absolute Gasteiger partial charge is 0.416 e. The molecule has 0 fully saturated rings. The summed E-state index contributed by atoms with van der Waals surface area (Å²) in [5.41, 5.74) is 1.03. The molecule has 0 bridgehead atoms. The fourth-order valence-electron chi connectivity index (χ4n) is 4.42. The largest absolute Gasteiger partial charge is 0.496 e. The minimum absolute atomic E-state index is 0.214. The third kappa shape index (κ3) is 7.92. The Morgan fingerprint density at radius 2 is 1.65 bits per heavy atom. The summed E-state index contributed by atoms with van der Waals surface area (Å²) >= 11 is 1.56. The van der Waals surface area contributed by atoms with Crippen molar-refractivity contribution in [3.8, 4) is 22.6 Å². The Bertz CT molecular complexity index is 1580. The Morgan fingerprint density at radius 3 is 2.21 bits per heavy atom. The molecule has 1 aromatic heterocycles. The molecule has 0 atom stereocenters. The lowest BCUT2D eigenvalue weighted by Gasteiger charge is -2.34. The van der Waals surface area contributed by atoms with Crippen LogP contribution in [0.1, 0.15) is 47.4 Å². The Labute approximate surface area is 252 Å². The number of amides is 2. The van der Waals surface area contributed by atoms with Gasteiger partial charge >= 0.3 is 12.3 Å². The van der Waals surface area contributed by atoms with Crippen molar-refractivity contribution < 1.29 is 32.2 Å². The van der Waals surface area contributed by atoms with Gasteiger partial charge in [0, 0.05) is 35.1 Å². The number of ether oxygens (including phenoxy) is 2. The summed E-state index contributed by atoms with van der Waals surface area (Å²) in [6, 6.07) is 15.7. The van der Waals surface area contributed by atoms with E-state index in [1.807, 2.05) is 33.1 Å². The Kier molecular flexibility index (Phi) is 9.44. The first kappa shape index (κ1) is 31.6. The van der Waals surface area contributed by atoms with Crippen LogP contribution in [0.2, 0.25) is 0 Å². The number of halogens is 3. The number of anilines is 1. The van der Waals surface area contributed by atoms with Crippen LogP contribution >= 0.6 is 11.3 Å². The zero-order chi connectivity index (χ0) is 31.4. The molecule has 7 nitrogen and oxygen atoms in total. The number of nitrogens with one attached hydrogen (secondary N) is 1. The molecule has 0 aliphatic carbocycles. The van der Waals surface area contributed by atoms with Gasteiger partial charge in [0.25, 0.3) is 5.91 Å². The molecule has 4 rings (SSSR count). The molecule has 3 aromatic carbocycles. The molecule has 2 amide bonds. The number of rotatable bonds is 8. The number of alkyl halides is 3. The number of aromatic nitrogens is 1. The van der Waals surface area contributed by atoms with E-state index in [0.717, 1.165) is 22.8 Å². The summed E-state index contributed by atoms with van der Waals surface area (Å²) in [7, 11) is 1.42. The predicted molar refractivity (Wildman–Crippen MR) is 161 cm³/mol. The van der Waals surface area contributed by atoms with E-state index in [1.165, 1.54) is 19.2 Å². The molecule has 11 heteroatoms. The van der Waals surface area contributed by atoms with E-state index in [0.29, 0.717) is 41.3 Å². The van der Waals surface area contributed by atoms with Crippen LogP contribution in [0.25, 0.3) is 11.1 Å². The highest BCUT2D eigenvalue weighted by Crippen LogP contribution is 2.36. The summed E-state index contributed by atoms with van der Waals surface area (Å²) in [4.78, 5) is 32.5. The molecule has 0 radical (unpaired) electrons. The van der Waals surface area contributed by atoms with Crippen molar-refractivity contribution in [2.24, 2.45) is 0 Å². The molecule has 0 unspecified atom stereocenters. The van der Waals surface area contributed by atoms with Crippen molar-refractivity contribution in [2.75, 3.05) is 19.0 Å². The summed E-state index contributed by atoms with van der Waals surface area (Å²) in [5.74, 6) is 0.145. The lowest BCUT2D eigenvalue weighted by atomic mass is 9.96. The van der Waals surface area contributed by atoms with Crippen LogP contribution < -0.4 is 14.8 Å². The normalized spacial score (nSPS) is 11.6. The molecule has 226 valence electrons. The second kappa shape index (κ2) is 12.9. The highest BCUT2D eigenvalue weighted by atomic mass is 32.1. The second-order valence-corrected chi connectivity index (χ2v) is 11.8. The van der Waals surface area contributed by atoms with E-state index >= 15 is 0 Å². The molecular weight excluding hydrogens is 579 g/mol. The number of hydrogen-bond acceptors (Lipinski definition) is 6. The first-order valence-corrected chi connectivity index (χ1v) is 14.3. The first-order chi connectivity index (χ1) is 20.3. The van der Waals surface area contributed by atoms with Crippen molar-refractivity contribution in [1.82, 2.24) is 9.88 Å². The number of hydrogen-bond donors (Lipinski definition) is 1. The third-order valence-electron chi connectivity index (χ3n) is 6.60. The molecular formula is C32H32F3N3O4S. The number of nitrogens with zero attached hydrogens (tertiary/aromatic N) is 2. The van der Waals surface area contributed by atoms with Crippen LogP contribution in [0, 0.1) is 6.92 Å². The van der Waals surface area contributed by atoms with Crippen LogP contribution in [0.15, 0.2) is 72.1 Å². The first-order valence-electron chi connectivity index (χ1n) is 13.4. The van der Waals surface area contributed by atoms with Crippen LogP contribution in [-0.2, 0) is 12.6 Å². The maximum absolute atomic E-state index is 13.3. The molecule has 0 aliphatic heterocycles. The van der Waals surface area contributed by atoms with Crippen molar-refractivity contribution >= 4 is 29.0 Å². The average molecular weight is 612 g/mol. The van der Waals surface area contributed by atoms with Gasteiger partial charge in [-0.2, -0.15) is 13.2 Å². The van der Waals surface area contributed by atoms with E-state index in [1.54, 1.807) is 58.7 Å². The van der Waals surface area contributed by atoms with Crippen molar-refractivity contribution in [1.29, 1.82) is 0 Å². The van der Waals surface area contributed by atoms with Gasteiger partial charge in [-0.25, -0.2) is 9.78 Å². The number of carbonyl (C=O) groups is 2. The zero-order valence-electron chi connectivity index (χ0n) is 24.4.